The van der Waals surface area contributed by atoms with Crippen LogP contribution >= 0.6 is 46.4 Å². The second-order valence-electron chi connectivity index (χ2n) is 7.72. The van der Waals surface area contributed by atoms with Gasteiger partial charge in [0, 0.05) is 26.7 Å². The minimum atomic E-state index is -0.988. The molecule has 1 N–H and O–H groups in total. The van der Waals surface area contributed by atoms with Crippen molar-refractivity contribution in [2.45, 2.75) is 20.6 Å². The fraction of sp³-hybridized carbons (Fsp3) is 0.133. The Bertz CT molecular complexity index is 1390. The van der Waals surface area contributed by atoms with Gasteiger partial charge in [0.15, 0.2) is 5.78 Å². The molecular weight excluding hydrogens is 582 g/mol. The largest absolute Gasteiger partial charge is 0.489 e. The number of ketones is 1. The summed E-state index contributed by atoms with van der Waals surface area (Å²) in [5.41, 5.74) is 2.86. The SMILES string of the molecule is C.ClCCl.O=C(O)c1ccc(Cl)cc1COc1ccccc1.O=C1c2ccc(Cl)cc2COc2ccccc21. The number of carboxylic acids is 1. The van der Waals surface area contributed by atoms with Gasteiger partial charge < -0.3 is 14.6 Å². The molecule has 4 aromatic carbocycles. The highest BCUT2D eigenvalue weighted by Crippen LogP contribution is 2.29. The average Bonchev–Trinajstić information content (AvgIpc) is 3.05. The van der Waals surface area contributed by atoms with Gasteiger partial charge in [0.1, 0.15) is 24.7 Å². The van der Waals surface area contributed by atoms with Crippen LogP contribution in [0.4, 0.5) is 0 Å². The van der Waals surface area contributed by atoms with E-state index >= 15 is 0 Å². The van der Waals surface area contributed by atoms with Crippen molar-refractivity contribution in [3.63, 3.8) is 0 Å². The predicted molar refractivity (Wildman–Crippen MR) is 158 cm³/mol. The molecule has 0 radical (unpaired) electrons. The molecular formula is C30H26Cl4O5. The van der Waals surface area contributed by atoms with Crippen molar-refractivity contribution in [1.29, 1.82) is 0 Å². The molecule has 39 heavy (non-hydrogen) atoms. The molecule has 5 nitrogen and oxygen atoms in total. The molecule has 0 unspecified atom stereocenters. The van der Waals surface area contributed by atoms with Crippen LogP contribution in [-0.4, -0.2) is 22.2 Å². The normalized spacial score (nSPS) is 10.9. The van der Waals surface area contributed by atoms with E-state index in [1.165, 1.54) is 6.07 Å². The number of carboxylic acid groups (broad SMARTS) is 1. The first-order chi connectivity index (χ1) is 18.3. The summed E-state index contributed by atoms with van der Waals surface area (Å²) >= 11 is 21.3. The molecule has 0 spiro atoms. The highest BCUT2D eigenvalue weighted by molar-refractivity contribution is 6.40. The van der Waals surface area contributed by atoms with E-state index in [-0.39, 0.29) is 30.7 Å². The molecule has 0 amide bonds. The highest BCUT2D eigenvalue weighted by atomic mass is 35.5. The third-order valence-electron chi connectivity index (χ3n) is 5.26. The number of carbonyl (C=O) groups excluding carboxylic acids is 1. The summed E-state index contributed by atoms with van der Waals surface area (Å²) in [7, 11) is 0. The number of fused-ring (bicyclic) bond motifs is 2. The first-order valence-corrected chi connectivity index (χ1v) is 13.0. The molecule has 0 fully saturated rings. The number of halogens is 4. The Morgan fingerprint density at radius 1 is 0.846 bits per heavy atom. The Balaban J connectivity index is 0.000000243. The van der Waals surface area contributed by atoms with E-state index in [0.717, 1.165) is 5.56 Å². The van der Waals surface area contributed by atoms with Gasteiger partial charge in [-0.3, -0.25) is 4.79 Å². The van der Waals surface area contributed by atoms with Gasteiger partial charge in [-0.25, -0.2) is 4.79 Å². The number of hydrogen-bond donors (Lipinski definition) is 1. The lowest BCUT2D eigenvalue weighted by atomic mass is 9.99. The highest BCUT2D eigenvalue weighted by Gasteiger charge is 2.21. The van der Waals surface area contributed by atoms with Gasteiger partial charge in [0.05, 0.1) is 16.5 Å². The molecule has 4 aromatic rings. The van der Waals surface area contributed by atoms with Crippen molar-refractivity contribution in [3.8, 4) is 11.5 Å². The van der Waals surface area contributed by atoms with E-state index in [4.69, 9.17) is 61.0 Å². The molecule has 1 heterocycles. The van der Waals surface area contributed by atoms with Gasteiger partial charge in [-0.1, -0.05) is 61.0 Å². The lowest BCUT2D eigenvalue weighted by Crippen LogP contribution is -2.05. The number of ether oxygens (including phenoxy) is 2. The van der Waals surface area contributed by atoms with Crippen LogP contribution in [0.25, 0.3) is 0 Å². The van der Waals surface area contributed by atoms with Gasteiger partial charge in [0.25, 0.3) is 0 Å². The fourth-order valence-corrected chi connectivity index (χ4v) is 3.94. The number of aromatic carboxylic acids is 1. The maximum absolute atomic E-state index is 12.3. The van der Waals surface area contributed by atoms with Crippen molar-refractivity contribution >= 4 is 58.2 Å². The topological polar surface area (TPSA) is 72.8 Å². The average molecular weight is 608 g/mol. The minimum Gasteiger partial charge on any atom is -0.489 e. The zero-order valence-corrected chi connectivity index (χ0v) is 22.9. The molecule has 0 atom stereocenters. The second-order valence-corrected chi connectivity index (χ2v) is 9.41. The summed E-state index contributed by atoms with van der Waals surface area (Å²) < 4.78 is 11.1. The quantitative estimate of drug-likeness (QED) is 0.234. The molecule has 1 aliphatic rings. The van der Waals surface area contributed by atoms with Gasteiger partial charge >= 0.3 is 5.97 Å². The first-order valence-electron chi connectivity index (χ1n) is 11.2. The third kappa shape index (κ3) is 9.19. The van der Waals surface area contributed by atoms with Crippen LogP contribution < -0.4 is 9.47 Å². The molecule has 1 aliphatic heterocycles. The Labute approximate surface area is 247 Å². The van der Waals surface area contributed by atoms with E-state index < -0.39 is 5.97 Å². The minimum absolute atomic E-state index is 0. The number of carbonyl (C=O) groups is 2. The Morgan fingerprint density at radius 2 is 1.46 bits per heavy atom. The van der Waals surface area contributed by atoms with Crippen molar-refractivity contribution in [1.82, 2.24) is 0 Å². The van der Waals surface area contributed by atoms with E-state index in [0.29, 0.717) is 44.8 Å². The van der Waals surface area contributed by atoms with Crippen molar-refractivity contribution in [2.24, 2.45) is 0 Å². The van der Waals surface area contributed by atoms with Crippen LogP contribution in [0, 0.1) is 0 Å². The maximum Gasteiger partial charge on any atom is 0.336 e. The predicted octanol–water partition coefficient (Wildman–Crippen LogP) is 9.14. The standard InChI is InChI=1S/C14H11ClO3.C14H9ClO2.CH2Cl2.CH4/c15-11-6-7-13(14(16)17)10(8-11)9-18-12-4-2-1-3-5-12;15-10-5-6-11-9(7-10)8-17-13-4-2-1-3-12(13)14(11)16;2-1-3;/h1-8H,9H2,(H,16,17);1-7H,8H2;1H2;1H4. The third-order valence-corrected chi connectivity index (χ3v) is 5.73. The lowest BCUT2D eigenvalue weighted by molar-refractivity contribution is 0.0693. The molecule has 204 valence electrons. The molecule has 0 saturated heterocycles. The summed E-state index contributed by atoms with van der Waals surface area (Å²) in [4.78, 5) is 23.4. The van der Waals surface area contributed by atoms with Crippen molar-refractivity contribution < 1.29 is 24.2 Å². The summed E-state index contributed by atoms with van der Waals surface area (Å²) in [6.07, 6.45) is 0. The number of benzene rings is 4. The Hall–Kier alpha value is -3.22. The monoisotopic (exact) mass is 606 g/mol. The molecule has 0 aliphatic carbocycles. The first kappa shape index (κ1) is 32.0. The number of para-hydroxylation sites is 2. The molecule has 5 rings (SSSR count). The van der Waals surface area contributed by atoms with Gasteiger partial charge in [0.2, 0.25) is 0 Å². The summed E-state index contributed by atoms with van der Waals surface area (Å²) in [6.45, 7) is 0.546. The Kier molecular flexibility index (Phi) is 13.1. The Morgan fingerprint density at radius 3 is 2.15 bits per heavy atom. The van der Waals surface area contributed by atoms with Crippen LogP contribution in [0.15, 0.2) is 91.0 Å². The molecule has 9 heteroatoms. The molecule has 0 bridgehead atoms. The van der Waals surface area contributed by atoms with Crippen LogP contribution in [0.3, 0.4) is 0 Å². The van der Waals surface area contributed by atoms with Crippen LogP contribution in [0.1, 0.15) is 44.8 Å². The number of alkyl halides is 2. The molecule has 0 saturated carbocycles. The van der Waals surface area contributed by atoms with E-state index in [1.807, 2.05) is 42.5 Å². The molecule has 0 aromatic heterocycles. The van der Waals surface area contributed by atoms with Crippen LogP contribution in [0.2, 0.25) is 10.0 Å². The smallest absolute Gasteiger partial charge is 0.336 e. The summed E-state index contributed by atoms with van der Waals surface area (Å²) in [5.74, 6) is 0.321. The van der Waals surface area contributed by atoms with E-state index in [1.54, 1.807) is 42.5 Å². The number of rotatable bonds is 4. The number of hydrogen-bond acceptors (Lipinski definition) is 4. The lowest BCUT2D eigenvalue weighted by Gasteiger charge is -2.09. The zero-order valence-electron chi connectivity index (χ0n) is 19.9. The van der Waals surface area contributed by atoms with E-state index in [9.17, 15) is 9.59 Å². The van der Waals surface area contributed by atoms with Crippen LogP contribution in [0.5, 0.6) is 11.5 Å². The fourth-order valence-electron chi connectivity index (χ4n) is 3.55. The van der Waals surface area contributed by atoms with Crippen molar-refractivity contribution in [3.05, 3.63) is 129 Å². The summed E-state index contributed by atoms with van der Waals surface area (Å²) in [6, 6.07) is 26.4. The van der Waals surface area contributed by atoms with Gasteiger partial charge in [-0.15, -0.1) is 23.2 Å². The van der Waals surface area contributed by atoms with Gasteiger partial charge in [-0.05, 0) is 60.7 Å². The zero-order chi connectivity index (χ0) is 27.5. The summed E-state index contributed by atoms with van der Waals surface area (Å²) in [5, 5.41) is 10.4. The van der Waals surface area contributed by atoms with Crippen molar-refractivity contribution in [2.75, 3.05) is 5.34 Å². The van der Waals surface area contributed by atoms with Crippen LogP contribution in [-0.2, 0) is 13.2 Å². The second kappa shape index (κ2) is 16.0. The van der Waals surface area contributed by atoms with Gasteiger partial charge in [-0.2, -0.15) is 0 Å². The maximum atomic E-state index is 12.3. The van der Waals surface area contributed by atoms with E-state index in [2.05, 4.69) is 0 Å².